The Labute approximate surface area is 197 Å². The molecule has 0 atom stereocenters. The molecule has 0 amide bonds. The summed E-state index contributed by atoms with van der Waals surface area (Å²) in [4.78, 5) is 20.1. The Morgan fingerprint density at radius 1 is 1.03 bits per heavy atom. The van der Waals surface area contributed by atoms with E-state index in [1.807, 2.05) is 24.3 Å². The van der Waals surface area contributed by atoms with Gasteiger partial charge in [0.05, 0.1) is 5.76 Å². The van der Waals surface area contributed by atoms with E-state index in [1.165, 1.54) is 40.8 Å². The van der Waals surface area contributed by atoms with E-state index in [1.54, 1.807) is 17.7 Å². The smallest absolute Gasteiger partial charge is 0.155 e. The number of carbonyl (C=O) groups excluding carboxylic acids is 1. The molecule has 3 aromatic carbocycles. The predicted molar refractivity (Wildman–Crippen MR) is 124 cm³/mol. The van der Waals surface area contributed by atoms with Gasteiger partial charge in [-0.05, 0) is 42.1 Å². The zero-order chi connectivity index (χ0) is 21.1. The number of benzene rings is 3. The summed E-state index contributed by atoms with van der Waals surface area (Å²) in [5, 5.41) is 13.2. The van der Waals surface area contributed by atoms with Crippen molar-refractivity contribution in [1.82, 2.24) is 9.97 Å². The Morgan fingerprint density at radius 3 is 2.35 bits per heavy atom. The van der Waals surface area contributed by atoms with Crippen molar-refractivity contribution < 1.29 is 30.0 Å². The first-order valence-electron chi connectivity index (χ1n) is 9.44. The molecule has 157 valence electrons. The summed E-state index contributed by atoms with van der Waals surface area (Å²) in [6, 6.07) is 24.2. The Bertz CT molecular complexity index is 1390. The predicted octanol–water partition coefficient (Wildman–Crippen LogP) is 6.50. The van der Waals surface area contributed by atoms with E-state index < -0.39 is 0 Å². The average Bonchev–Trinajstić information content (AvgIpc) is 3.09. The number of nitrogens with zero attached hydrogens (tertiary/aromatic N) is 2. The van der Waals surface area contributed by atoms with Gasteiger partial charge in [0.1, 0.15) is 11.2 Å². The summed E-state index contributed by atoms with van der Waals surface area (Å²) >= 11 is 1.72. The number of hydrogen-bond acceptors (Lipinski definition) is 5. The third kappa shape index (κ3) is 5.05. The number of ketones is 1. The van der Waals surface area contributed by atoms with Gasteiger partial charge in [0.15, 0.2) is 5.78 Å². The minimum atomic E-state index is -0.125. The Hall–Kier alpha value is -2.92. The fraction of sp³-hybridized carbons (Fsp3) is 0.0800. The first kappa shape index (κ1) is 22.8. The second kappa shape index (κ2) is 9.92. The fourth-order valence-electron chi connectivity index (χ4n) is 3.33. The van der Waals surface area contributed by atoms with E-state index in [0.29, 0.717) is 0 Å². The molecule has 0 aliphatic heterocycles. The van der Waals surface area contributed by atoms with E-state index in [-0.39, 0.29) is 31.6 Å². The summed E-state index contributed by atoms with van der Waals surface area (Å²) in [5.41, 5.74) is 1.96. The van der Waals surface area contributed by atoms with Gasteiger partial charge in [0.25, 0.3) is 0 Å². The van der Waals surface area contributed by atoms with Crippen LogP contribution in [0.5, 0.6) is 0 Å². The molecule has 5 aromatic rings. The second-order valence-electron chi connectivity index (χ2n) is 6.87. The number of allylic oxidation sites excluding steroid dienone is 2. The van der Waals surface area contributed by atoms with Crippen molar-refractivity contribution in [3.8, 4) is 11.3 Å². The van der Waals surface area contributed by atoms with Gasteiger partial charge < -0.3 is 5.11 Å². The summed E-state index contributed by atoms with van der Waals surface area (Å²) < 4.78 is 1.25. The van der Waals surface area contributed by atoms with E-state index in [2.05, 4.69) is 52.4 Å². The van der Waals surface area contributed by atoms with Gasteiger partial charge in [-0.1, -0.05) is 24.3 Å². The zero-order valence-corrected chi connectivity index (χ0v) is 20.1. The molecule has 5 rings (SSSR count). The normalized spacial score (nSPS) is 11.1. The van der Waals surface area contributed by atoms with Gasteiger partial charge in [-0.15, -0.1) is 47.2 Å². The molecule has 0 aliphatic carbocycles. The maximum absolute atomic E-state index is 10.0. The number of hydrogen-bond donors (Lipinski definition) is 1. The molecule has 0 saturated carbocycles. The Morgan fingerprint density at radius 2 is 1.74 bits per heavy atom. The third-order valence-corrected chi connectivity index (χ3v) is 5.57. The van der Waals surface area contributed by atoms with Gasteiger partial charge in [-0.25, -0.2) is 4.98 Å². The first-order valence-corrected chi connectivity index (χ1v) is 10.3. The third-order valence-electron chi connectivity index (χ3n) is 4.51. The van der Waals surface area contributed by atoms with Crippen molar-refractivity contribution in [3.63, 3.8) is 0 Å². The molecule has 0 saturated heterocycles. The molecule has 31 heavy (non-hydrogen) atoms. The van der Waals surface area contributed by atoms with E-state index in [9.17, 15) is 4.79 Å². The number of carbonyl (C=O) groups is 1. The van der Waals surface area contributed by atoms with Crippen molar-refractivity contribution in [2.45, 2.75) is 13.8 Å². The molecule has 0 aliphatic rings. The van der Waals surface area contributed by atoms with E-state index in [4.69, 9.17) is 5.11 Å². The first-order chi connectivity index (χ1) is 14.5. The molecule has 2 heterocycles. The van der Waals surface area contributed by atoms with Crippen LogP contribution in [-0.2, 0) is 24.9 Å². The van der Waals surface area contributed by atoms with Gasteiger partial charge in [-0.2, -0.15) is 0 Å². The summed E-state index contributed by atoms with van der Waals surface area (Å²) in [5.74, 6) is -0.0625. The number of aromatic nitrogens is 2. The monoisotopic (exact) mass is 604 g/mol. The van der Waals surface area contributed by atoms with Crippen LogP contribution in [0.1, 0.15) is 13.8 Å². The van der Waals surface area contributed by atoms with Gasteiger partial charge >= 0.3 is 0 Å². The number of aliphatic hydroxyl groups excluding tert-OH is 1. The molecule has 1 radical (unpaired) electrons. The summed E-state index contributed by atoms with van der Waals surface area (Å²) in [6.45, 7) is 2.85. The van der Waals surface area contributed by atoms with E-state index in [0.717, 1.165) is 21.5 Å². The van der Waals surface area contributed by atoms with Crippen LogP contribution < -0.4 is 0 Å². The maximum atomic E-state index is 10.0. The molecular formula is C25H19IrN2O2S-. The maximum Gasteiger partial charge on any atom is 0.155 e. The van der Waals surface area contributed by atoms with Gasteiger partial charge in [0, 0.05) is 42.0 Å². The topological polar surface area (TPSA) is 63.1 Å². The van der Waals surface area contributed by atoms with Crippen LogP contribution in [0.25, 0.3) is 42.3 Å². The fourth-order valence-corrected chi connectivity index (χ4v) is 4.41. The minimum absolute atomic E-state index is 0. The minimum Gasteiger partial charge on any atom is -0.512 e. The van der Waals surface area contributed by atoms with Crippen LogP contribution in [0.4, 0.5) is 0 Å². The molecule has 0 spiro atoms. The molecule has 4 nitrogen and oxygen atoms in total. The standard InChI is InChI=1S/C20H11N2S.C5H8O2.Ir/c1-2-6-13(7-3-1)19-18-16-10-14-8-4-5-9-15(14)11-17(16)23-20(18)22-12-21-19;1-4(6)3-5(2)7;/h1-6,8-12H;3,6H,1-2H3;/q-1;;/b;4-3-;. The largest absolute Gasteiger partial charge is 0.512 e. The average molecular weight is 604 g/mol. The van der Waals surface area contributed by atoms with Crippen LogP contribution in [0.3, 0.4) is 0 Å². The molecule has 0 unspecified atom stereocenters. The van der Waals surface area contributed by atoms with Gasteiger partial charge in [-0.3, -0.25) is 9.78 Å². The van der Waals surface area contributed by atoms with Crippen LogP contribution >= 0.6 is 11.3 Å². The zero-order valence-electron chi connectivity index (χ0n) is 16.9. The molecular weight excluding hydrogens is 585 g/mol. The Balaban J connectivity index is 0.000000299. The molecule has 0 fully saturated rings. The molecule has 0 bridgehead atoms. The number of aliphatic hydroxyl groups is 1. The van der Waals surface area contributed by atoms with Crippen LogP contribution in [0, 0.1) is 6.07 Å². The number of rotatable bonds is 2. The van der Waals surface area contributed by atoms with Crippen LogP contribution in [0.2, 0.25) is 0 Å². The van der Waals surface area contributed by atoms with E-state index >= 15 is 0 Å². The van der Waals surface area contributed by atoms with Crippen molar-refractivity contribution in [2.75, 3.05) is 0 Å². The Kier molecular flexibility index (Phi) is 7.29. The quantitative estimate of drug-likeness (QED) is 0.142. The summed E-state index contributed by atoms with van der Waals surface area (Å²) in [7, 11) is 0. The van der Waals surface area contributed by atoms with Crippen molar-refractivity contribution >= 4 is 48.2 Å². The van der Waals surface area contributed by atoms with Crippen molar-refractivity contribution in [2.24, 2.45) is 0 Å². The van der Waals surface area contributed by atoms with Crippen molar-refractivity contribution in [3.05, 3.63) is 84.9 Å². The van der Waals surface area contributed by atoms with Gasteiger partial charge in [0.2, 0.25) is 0 Å². The molecule has 1 N–H and O–H groups in total. The van der Waals surface area contributed by atoms with Crippen LogP contribution in [-0.4, -0.2) is 20.9 Å². The SMILES string of the molecule is CC(=O)/C=C(/C)O.[Ir].[c-]1ccccc1-c1ncnc2sc3cc4ccccc4cc3c12. The van der Waals surface area contributed by atoms with Crippen LogP contribution in [0.15, 0.2) is 78.8 Å². The molecule has 6 heteroatoms. The second-order valence-corrected chi connectivity index (χ2v) is 7.90. The van der Waals surface area contributed by atoms with Crippen molar-refractivity contribution in [1.29, 1.82) is 0 Å². The molecule has 2 aromatic heterocycles. The number of fused-ring (bicyclic) bond motifs is 4. The number of thiophene rings is 1. The summed E-state index contributed by atoms with van der Waals surface area (Å²) in [6.07, 6.45) is 2.81.